The van der Waals surface area contributed by atoms with Crippen molar-refractivity contribution in [1.82, 2.24) is 20.0 Å². The molecule has 0 radical (unpaired) electrons. The van der Waals surface area contributed by atoms with Crippen LogP contribution in [0.1, 0.15) is 43.7 Å². The van der Waals surface area contributed by atoms with Gasteiger partial charge < -0.3 is 24.4 Å². The van der Waals surface area contributed by atoms with E-state index in [0.29, 0.717) is 18.8 Å². The van der Waals surface area contributed by atoms with Crippen LogP contribution in [0.15, 0.2) is 27.8 Å². The number of furan rings is 1. The first-order valence-electron chi connectivity index (χ1n) is 10.8. The number of nitrogens with one attached hydrogen (secondary N) is 1. The molecule has 29 heavy (non-hydrogen) atoms. The predicted octanol–water partition coefficient (Wildman–Crippen LogP) is 2.74. The lowest BCUT2D eigenvalue weighted by Crippen LogP contribution is -2.53. The molecule has 2 aliphatic heterocycles. The number of rotatable bonds is 6. The largest absolute Gasteiger partial charge is 0.459 e. The van der Waals surface area contributed by atoms with E-state index >= 15 is 0 Å². The van der Waals surface area contributed by atoms with Gasteiger partial charge in [-0.3, -0.25) is 9.79 Å². The molecule has 1 atom stereocenters. The molecule has 0 aromatic carbocycles. The Balaban J connectivity index is 0.00000300. The van der Waals surface area contributed by atoms with Gasteiger partial charge in [0.15, 0.2) is 11.7 Å². The van der Waals surface area contributed by atoms with Crippen molar-refractivity contribution in [3.63, 3.8) is 0 Å². The van der Waals surface area contributed by atoms with E-state index in [1.54, 1.807) is 18.4 Å². The van der Waals surface area contributed by atoms with Crippen LogP contribution in [0.3, 0.4) is 0 Å². The van der Waals surface area contributed by atoms with Crippen LogP contribution in [-0.2, 0) is 0 Å². The van der Waals surface area contributed by atoms with E-state index in [1.165, 1.54) is 25.9 Å². The van der Waals surface area contributed by atoms with Crippen LogP contribution < -0.4 is 5.32 Å². The topological polar surface area (TPSA) is 64.3 Å². The summed E-state index contributed by atoms with van der Waals surface area (Å²) in [6.07, 6.45) is 5.34. The number of halogens is 1. The molecule has 7 nitrogen and oxygen atoms in total. The smallest absolute Gasteiger partial charge is 0.289 e. The number of piperidine rings is 1. The van der Waals surface area contributed by atoms with Gasteiger partial charge >= 0.3 is 0 Å². The number of guanidine groups is 1. The summed E-state index contributed by atoms with van der Waals surface area (Å²) in [5.74, 6) is 2.19. The Labute approximate surface area is 191 Å². The molecule has 0 saturated carbocycles. The summed E-state index contributed by atoms with van der Waals surface area (Å²) in [6, 6.07) is 3.48. The fraction of sp³-hybridized carbons (Fsp3) is 0.714. The maximum atomic E-state index is 12.4. The second kappa shape index (κ2) is 12.4. The molecule has 1 aromatic heterocycles. The van der Waals surface area contributed by atoms with Gasteiger partial charge in [-0.2, -0.15) is 0 Å². The number of aliphatic imine (C=N–C) groups is 1. The number of piperazine rings is 1. The lowest BCUT2D eigenvalue weighted by molar-refractivity contribution is 0.0657. The summed E-state index contributed by atoms with van der Waals surface area (Å²) in [5.41, 5.74) is 0. The fourth-order valence-corrected chi connectivity index (χ4v) is 4.07. The molecule has 0 spiro atoms. The Morgan fingerprint density at radius 2 is 2.00 bits per heavy atom. The second-order valence-corrected chi connectivity index (χ2v) is 7.89. The SMILES string of the molecule is CCNC(=NCCCN1CCCC(C)C1)N1CCN(C(=O)c2ccco2)CC1.I. The highest BCUT2D eigenvalue weighted by molar-refractivity contribution is 14.0. The maximum Gasteiger partial charge on any atom is 0.289 e. The molecular weight excluding hydrogens is 481 g/mol. The van der Waals surface area contributed by atoms with Crippen LogP contribution in [0.4, 0.5) is 0 Å². The Morgan fingerprint density at radius 1 is 1.24 bits per heavy atom. The maximum absolute atomic E-state index is 12.4. The number of amides is 1. The van der Waals surface area contributed by atoms with E-state index in [2.05, 4.69) is 29.0 Å². The highest BCUT2D eigenvalue weighted by atomic mass is 127. The van der Waals surface area contributed by atoms with E-state index < -0.39 is 0 Å². The summed E-state index contributed by atoms with van der Waals surface area (Å²) in [6.45, 7) is 12.7. The normalized spacial score (nSPS) is 21.0. The van der Waals surface area contributed by atoms with Crippen LogP contribution in [0.5, 0.6) is 0 Å². The van der Waals surface area contributed by atoms with Gasteiger partial charge in [-0.15, -0.1) is 24.0 Å². The summed E-state index contributed by atoms with van der Waals surface area (Å²) < 4.78 is 5.24. The number of hydrogen-bond donors (Lipinski definition) is 1. The average Bonchev–Trinajstić information content (AvgIpc) is 3.25. The average molecular weight is 517 g/mol. The minimum Gasteiger partial charge on any atom is -0.459 e. The Kier molecular flexibility index (Phi) is 10.3. The van der Waals surface area contributed by atoms with Crippen molar-refractivity contribution in [2.75, 3.05) is 58.9 Å². The first-order chi connectivity index (χ1) is 13.7. The van der Waals surface area contributed by atoms with Crippen molar-refractivity contribution in [3.05, 3.63) is 24.2 Å². The third-order valence-electron chi connectivity index (χ3n) is 5.57. The highest BCUT2D eigenvalue weighted by Gasteiger charge is 2.25. The molecule has 8 heteroatoms. The zero-order valence-corrected chi connectivity index (χ0v) is 20.1. The molecule has 2 aliphatic rings. The van der Waals surface area contributed by atoms with Gasteiger partial charge in [0, 0.05) is 45.8 Å². The molecule has 3 rings (SSSR count). The third kappa shape index (κ3) is 7.16. The predicted molar refractivity (Wildman–Crippen MR) is 127 cm³/mol. The molecule has 0 aliphatic carbocycles. The molecule has 2 saturated heterocycles. The number of carbonyl (C=O) groups is 1. The Morgan fingerprint density at radius 3 is 2.66 bits per heavy atom. The quantitative estimate of drug-likeness (QED) is 0.272. The van der Waals surface area contributed by atoms with Crippen molar-refractivity contribution in [2.24, 2.45) is 10.9 Å². The van der Waals surface area contributed by atoms with Crippen molar-refractivity contribution in [3.8, 4) is 0 Å². The van der Waals surface area contributed by atoms with Gasteiger partial charge in [-0.25, -0.2) is 0 Å². The molecule has 1 aromatic rings. The molecule has 164 valence electrons. The van der Waals surface area contributed by atoms with Gasteiger partial charge in [-0.1, -0.05) is 6.92 Å². The van der Waals surface area contributed by atoms with Gasteiger partial charge in [-0.05, 0) is 57.3 Å². The van der Waals surface area contributed by atoms with Crippen molar-refractivity contribution < 1.29 is 9.21 Å². The monoisotopic (exact) mass is 517 g/mol. The molecule has 0 bridgehead atoms. The van der Waals surface area contributed by atoms with E-state index in [-0.39, 0.29) is 29.9 Å². The van der Waals surface area contributed by atoms with Crippen LogP contribution >= 0.6 is 24.0 Å². The number of carbonyl (C=O) groups excluding carboxylic acids is 1. The lowest BCUT2D eigenvalue weighted by atomic mass is 10.0. The zero-order valence-electron chi connectivity index (χ0n) is 17.8. The number of nitrogens with zero attached hydrogens (tertiary/aromatic N) is 4. The minimum absolute atomic E-state index is 0. The molecule has 3 heterocycles. The summed E-state index contributed by atoms with van der Waals surface area (Å²) >= 11 is 0. The van der Waals surface area contributed by atoms with Crippen LogP contribution in [0.2, 0.25) is 0 Å². The Bertz CT molecular complexity index is 629. The standard InChI is InChI=1S/C21H35N5O2.HI/c1-3-22-21(23-9-6-11-24-10-4-7-18(2)17-24)26-14-12-25(13-15-26)20(27)19-8-5-16-28-19;/h5,8,16,18H,3-4,6-7,9-15,17H2,1-2H3,(H,22,23);1H. The van der Waals surface area contributed by atoms with Gasteiger partial charge in [0.1, 0.15) is 0 Å². The minimum atomic E-state index is -0.0256. The van der Waals surface area contributed by atoms with Crippen molar-refractivity contribution >= 4 is 35.8 Å². The molecule has 2 fully saturated rings. The van der Waals surface area contributed by atoms with E-state index in [9.17, 15) is 4.79 Å². The van der Waals surface area contributed by atoms with Gasteiger partial charge in [0.05, 0.1) is 6.26 Å². The van der Waals surface area contributed by atoms with E-state index in [4.69, 9.17) is 9.41 Å². The lowest BCUT2D eigenvalue weighted by Gasteiger charge is -2.36. The third-order valence-corrected chi connectivity index (χ3v) is 5.57. The molecular formula is C21H36IN5O2. The van der Waals surface area contributed by atoms with Crippen LogP contribution in [0, 0.1) is 5.92 Å². The highest BCUT2D eigenvalue weighted by Crippen LogP contribution is 2.15. The van der Waals surface area contributed by atoms with E-state index in [1.807, 2.05) is 4.90 Å². The summed E-state index contributed by atoms with van der Waals surface area (Å²) in [4.78, 5) is 24.0. The molecule has 1 amide bonds. The summed E-state index contributed by atoms with van der Waals surface area (Å²) in [5, 5.41) is 3.41. The van der Waals surface area contributed by atoms with E-state index in [0.717, 1.165) is 51.0 Å². The second-order valence-electron chi connectivity index (χ2n) is 7.89. The fourth-order valence-electron chi connectivity index (χ4n) is 4.07. The first kappa shape index (κ1) is 24.0. The van der Waals surface area contributed by atoms with Gasteiger partial charge in [0.2, 0.25) is 0 Å². The molecule has 1 N–H and O–H groups in total. The van der Waals surface area contributed by atoms with Crippen molar-refractivity contribution in [1.29, 1.82) is 0 Å². The Hall–Kier alpha value is -1.29. The van der Waals surface area contributed by atoms with Crippen LogP contribution in [0.25, 0.3) is 0 Å². The van der Waals surface area contributed by atoms with Crippen molar-refractivity contribution in [2.45, 2.75) is 33.1 Å². The number of hydrogen-bond acceptors (Lipinski definition) is 4. The van der Waals surface area contributed by atoms with Crippen LogP contribution in [-0.4, -0.2) is 85.5 Å². The number of likely N-dealkylation sites (tertiary alicyclic amines) is 1. The molecule has 1 unspecified atom stereocenters. The van der Waals surface area contributed by atoms with Gasteiger partial charge in [0.25, 0.3) is 5.91 Å². The zero-order chi connectivity index (χ0) is 19.8. The summed E-state index contributed by atoms with van der Waals surface area (Å²) in [7, 11) is 0. The first-order valence-corrected chi connectivity index (χ1v) is 10.8.